The van der Waals surface area contributed by atoms with E-state index in [1.165, 1.54) is 4.90 Å². The first kappa shape index (κ1) is 19.9. The maximum Gasteiger partial charge on any atom is 0.325 e. The molecule has 1 saturated carbocycles. The Morgan fingerprint density at radius 1 is 1.27 bits per heavy atom. The summed E-state index contributed by atoms with van der Waals surface area (Å²) in [4.78, 5) is 46.5. The van der Waals surface area contributed by atoms with Crippen molar-refractivity contribution in [1.29, 1.82) is 0 Å². The Bertz CT molecular complexity index is 966. The first-order valence-corrected chi connectivity index (χ1v) is 9.94. The molecular formula is C20H24N6O4. The van der Waals surface area contributed by atoms with Crippen LogP contribution in [0.4, 0.5) is 4.79 Å². The van der Waals surface area contributed by atoms with E-state index in [4.69, 9.17) is 10.5 Å². The zero-order valence-electron chi connectivity index (χ0n) is 16.7. The maximum atomic E-state index is 12.8. The molecule has 1 saturated heterocycles. The molecule has 0 bridgehead atoms. The maximum absolute atomic E-state index is 12.8. The van der Waals surface area contributed by atoms with Crippen molar-refractivity contribution in [3.05, 3.63) is 42.1 Å². The number of carbonyl (C=O) groups excluding carboxylic acids is 3. The number of nitrogens with zero attached hydrogens (tertiary/aromatic N) is 4. The van der Waals surface area contributed by atoms with Crippen LogP contribution in [0, 0.1) is 0 Å². The third-order valence-corrected chi connectivity index (χ3v) is 5.55. The van der Waals surface area contributed by atoms with Gasteiger partial charge in [-0.25, -0.2) is 14.8 Å². The van der Waals surface area contributed by atoms with Crippen LogP contribution in [0.15, 0.2) is 30.9 Å². The van der Waals surface area contributed by atoms with E-state index in [0.29, 0.717) is 32.1 Å². The molecule has 2 fully saturated rings. The van der Waals surface area contributed by atoms with Gasteiger partial charge in [-0.2, -0.15) is 0 Å². The summed E-state index contributed by atoms with van der Waals surface area (Å²) >= 11 is 0. The Morgan fingerprint density at radius 2 is 2.03 bits per heavy atom. The lowest BCUT2D eigenvalue weighted by Gasteiger charge is -2.33. The highest BCUT2D eigenvalue weighted by Crippen LogP contribution is 2.29. The summed E-state index contributed by atoms with van der Waals surface area (Å²) in [5.74, 6) is -0.584. The molecular weight excluding hydrogens is 388 g/mol. The largest absolute Gasteiger partial charge is 0.474 e. The molecule has 2 aromatic rings. The van der Waals surface area contributed by atoms with Gasteiger partial charge < -0.3 is 20.4 Å². The number of aryl methyl sites for hydroxylation is 1. The highest BCUT2D eigenvalue weighted by molar-refractivity contribution is 6.04. The number of nitrogens with two attached hydrogens (primary N) is 1. The summed E-state index contributed by atoms with van der Waals surface area (Å²) in [7, 11) is 1.86. The molecule has 1 atom stereocenters. The van der Waals surface area contributed by atoms with E-state index in [-0.39, 0.29) is 35.5 Å². The number of carbonyl (C=O) groups is 3. The fraction of sp³-hybridized carbons (Fsp3) is 0.450. The van der Waals surface area contributed by atoms with E-state index >= 15 is 0 Å². The van der Waals surface area contributed by atoms with Crippen LogP contribution in [0.5, 0.6) is 5.88 Å². The molecule has 0 spiro atoms. The fourth-order valence-electron chi connectivity index (χ4n) is 4.07. The lowest BCUT2D eigenvalue weighted by atomic mass is 9.91. The predicted octanol–water partition coefficient (Wildman–Crippen LogP) is 0.767. The van der Waals surface area contributed by atoms with Crippen molar-refractivity contribution in [2.75, 3.05) is 0 Å². The molecule has 4 rings (SSSR count). The van der Waals surface area contributed by atoms with Crippen molar-refractivity contribution in [1.82, 2.24) is 24.8 Å². The smallest absolute Gasteiger partial charge is 0.325 e. The number of primary amides is 1. The van der Waals surface area contributed by atoms with Crippen molar-refractivity contribution in [3.63, 3.8) is 0 Å². The number of hydrogen-bond donors (Lipinski definition) is 2. The molecule has 3 heterocycles. The van der Waals surface area contributed by atoms with Gasteiger partial charge in [0.2, 0.25) is 5.88 Å². The Balaban J connectivity index is 1.35. The third kappa shape index (κ3) is 3.98. The fourth-order valence-corrected chi connectivity index (χ4v) is 4.07. The molecule has 1 aliphatic carbocycles. The van der Waals surface area contributed by atoms with Crippen LogP contribution in [0.25, 0.3) is 0 Å². The number of nitrogens with one attached hydrogen (secondary N) is 1. The Morgan fingerprint density at radius 3 is 2.70 bits per heavy atom. The minimum atomic E-state index is -0.593. The number of imide groups is 1. The second-order valence-electron chi connectivity index (χ2n) is 7.71. The summed E-state index contributed by atoms with van der Waals surface area (Å²) < 4.78 is 7.69. The van der Waals surface area contributed by atoms with E-state index in [9.17, 15) is 14.4 Å². The van der Waals surface area contributed by atoms with Gasteiger partial charge in [0.15, 0.2) is 0 Å². The molecule has 10 nitrogen and oxygen atoms in total. The van der Waals surface area contributed by atoms with Gasteiger partial charge in [0.05, 0.1) is 12.0 Å². The molecule has 0 aromatic carbocycles. The molecule has 4 amide bonds. The van der Waals surface area contributed by atoms with E-state index in [1.807, 2.05) is 13.2 Å². The highest BCUT2D eigenvalue weighted by Gasteiger charge is 2.43. The standard InChI is InChI=1S/C20H24N6O4/c1-25-10-12(23-11-25)9-16-19(28)26(20(29)24-16)13-4-6-14(7-5-13)30-18-15(17(21)27)3-2-8-22-18/h2-3,8,10-11,13-14,16H,4-7,9H2,1H3,(H2,21,27)(H,24,29)/t13-,14-,16?. The summed E-state index contributed by atoms with van der Waals surface area (Å²) in [6, 6.07) is 2.08. The quantitative estimate of drug-likeness (QED) is 0.674. The third-order valence-electron chi connectivity index (χ3n) is 5.55. The number of pyridine rings is 1. The average molecular weight is 412 g/mol. The molecule has 0 radical (unpaired) electrons. The highest BCUT2D eigenvalue weighted by atomic mass is 16.5. The van der Waals surface area contributed by atoms with Gasteiger partial charge in [-0.05, 0) is 37.8 Å². The van der Waals surface area contributed by atoms with Crippen LogP contribution in [0.2, 0.25) is 0 Å². The van der Waals surface area contributed by atoms with Gasteiger partial charge in [0, 0.05) is 31.9 Å². The Hall–Kier alpha value is -3.43. The predicted molar refractivity (Wildman–Crippen MR) is 106 cm³/mol. The summed E-state index contributed by atoms with van der Waals surface area (Å²) in [5.41, 5.74) is 6.37. The molecule has 10 heteroatoms. The number of imidazole rings is 1. The molecule has 3 N–H and O–H groups in total. The van der Waals surface area contributed by atoms with Crippen molar-refractivity contribution in [3.8, 4) is 5.88 Å². The van der Waals surface area contributed by atoms with Crippen LogP contribution in [0.1, 0.15) is 41.7 Å². The van der Waals surface area contributed by atoms with E-state index in [2.05, 4.69) is 15.3 Å². The summed E-state index contributed by atoms with van der Waals surface area (Å²) in [5, 5.41) is 2.78. The van der Waals surface area contributed by atoms with Crippen LogP contribution in [-0.4, -0.2) is 55.5 Å². The summed E-state index contributed by atoms with van der Waals surface area (Å²) in [6.45, 7) is 0. The van der Waals surface area contributed by atoms with E-state index in [0.717, 1.165) is 5.69 Å². The molecule has 158 valence electrons. The molecule has 2 aromatic heterocycles. The van der Waals surface area contributed by atoms with E-state index in [1.54, 1.807) is 29.2 Å². The van der Waals surface area contributed by atoms with Crippen molar-refractivity contribution < 1.29 is 19.1 Å². The SMILES string of the molecule is Cn1cnc(CC2NC(=O)N([C@H]3CC[C@H](Oc4ncccc4C(N)=O)CC3)C2=O)c1. The first-order valence-electron chi connectivity index (χ1n) is 9.94. The molecule has 2 aliphatic rings. The minimum absolute atomic E-state index is 0.153. The number of ether oxygens (including phenoxy) is 1. The second-order valence-corrected chi connectivity index (χ2v) is 7.71. The summed E-state index contributed by atoms with van der Waals surface area (Å²) in [6.07, 6.45) is 7.79. The Labute approximate surface area is 173 Å². The lowest BCUT2D eigenvalue weighted by molar-refractivity contribution is -0.129. The van der Waals surface area contributed by atoms with Crippen LogP contribution >= 0.6 is 0 Å². The van der Waals surface area contributed by atoms with Gasteiger partial charge in [-0.3, -0.25) is 14.5 Å². The van der Waals surface area contributed by atoms with Gasteiger partial charge >= 0.3 is 6.03 Å². The minimum Gasteiger partial charge on any atom is -0.474 e. The second kappa shape index (κ2) is 8.13. The van der Waals surface area contributed by atoms with Crippen LogP contribution < -0.4 is 15.8 Å². The zero-order chi connectivity index (χ0) is 21.3. The molecule has 1 aliphatic heterocycles. The average Bonchev–Trinajstić information content (AvgIpc) is 3.25. The van der Waals surface area contributed by atoms with Gasteiger partial charge in [0.1, 0.15) is 17.7 Å². The molecule has 30 heavy (non-hydrogen) atoms. The molecule has 1 unspecified atom stereocenters. The number of urea groups is 1. The van der Waals surface area contributed by atoms with Gasteiger partial charge in [-0.1, -0.05) is 0 Å². The Kier molecular flexibility index (Phi) is 5.39. The van der Waals surface area contributed by atoms with Crippen LogP contribution in [-0.2, 0) is 18.3 Å². The van der Waals surface area contributed by atoms with Crippen molar-refractivity contribution >= 4 is 17.8 Å². The van der Waals surface area contributed by atoms with Gasteiger partial charge in [0.25, 0.3) is 11.8 Å². The van der Waals surface area contributed by atoms with E-state index < -0.39 is 11.9 Å². The number of hydrogen-bond acceptors (Lipinski definition) is 6. The number of rotatable bonds is 6. The number of aromatic nitrogens is 3. The van der Waals surface area contributed by atoms with Crippen molar-refractivity contribution in [2.45, 2.75) is 50.3 Å². The van der Waals surface area contributed by atoms with Crippen molar-refractivity contribution in [2.24, 2.45) is 12.8 Å². The van der Waals surface area contributed by atoms with Gasteiger partial charge in [-0.15, -0.1) is 0 Å². The topological polar surface area (TPSA) is 132 Å². The lowest BCUT2D eigenvalue weighted by Crippen LogP contribution is -2.44. The monoisotopic (exact) mass is 412 g/mol. The normalized spacial score (nSPS) is 24.0. The van der Waals surface area contributed by atoms with Crippen LogP contribution in [0.3, 0.4) is 0 Å². The first-order chi connectivity index (χ1) is 14.4. The number of amides is 4. The zero-order valence-corrected chi connectivity index (χ0v) is 16.7.